The number of aromatic nitrogens is 2. The largest absolute Gasteiger partial charge is 0.489 e. The third-order valence-corrected chi connectivity index (χ3v) is 10.5. The highest BCUT2D eigenvalue weighted by Crippen LogP contribution is 2.29. The Hall–Kier alpha value is -5.55. The molecule has 0 radical (unpaired) electrons. The lowest BCUT2D eigenvalue weighted by Gasteiger charge is -2.31. The zero-order valence-corrected chi connectivity index (χ0v) is 41.1. The Morgan fingerprint density at radius 2 is 1.52 bits per heavy atom. The number of carbonyl (C=O) groups is 3. The van der Waals surface area contributed by atoms with E-state index in [1.54, 1.807) is 31.1 Å². The molecule has 0 N–H and O–H groups in total. The Bertz CT molecular complexity index is 2400. The van der Waals surface area contributed by atoms with Crippen molar-refractivity contribution in [3.05, 3.63) is 141 Å². The molecule has 4 rings (SSSR count). The van der Waals surface area contributed by atoms with Crippen molar-refractivity contribution in [3.63, 3.8) is 0 Å². The van der Waals surface area contributed by atoms with Crippen LogP contribution in [0, 0.1) is 6.92 Å². The van der Waals surface area contributed by atoms with Gasteiger partial charge in [0.05, 0.1) is 31.1 Å². The second-order valence-corrected chi connectivity index (χ2v) is 16.0. The second kappa shape index (κ2) is 27.9. The first-order chi connectivity index (χ1) is 31.6. The average molecular weight is 998 g/mol. The van der Waals surface area contributed by atoms with Crippen molar-refractivity contribution in [3.8, 4) is 17.2 Å². The van der Waals surface area contributed by atoms with Crippen LogP contribution in [-0.2, 0) is 56.5 Å². The van der Waals surface area contributed by atoms with Crippen LogP contribution in [0.1, 0.15) is 55.6 Å². The van der Waals surface area contributed by atoms with E-state index in [2.05, 4.69) is 26.1 Å². The van der Waals surface area contributed by atoms with Gasteiger partial charge in [0.25, 0.3) is 11.5 Å². The summed E-state index contributed by atoms with van der Waals surface area (Å²) in [7, 11) is 3.86. The summed E-state index contributed by atoms with van der Waals surface area (Å²) in [5.41, 5.74) is 1.41. The fraction of sp³-hybridized carbons (Fsp3) is 0.396. The number of rotatable bonds is 19. The van der Waals surface area contributed by atoms with E-state index < -0.39 is 40.0 Å². The highest BCUT2D eigenvalue weighted by molar-refractivity contribution is 6.53. The van der Waals surface area contributed by atoms with E-state index >= 15 is 0 Å². The number of hydrogen-bond donors (Lipinski definition) is 0. The van der Waals surface area contributed by atoms with E-state index in [0.717, 1.165) is 42.3 Å². The Morgan fingerprint density at radius 3 is 2.03 bits per heavy atom. The first-order valence-corrected chi connectivity index (χ1v) is 22.3. The number of hydrogen-bond acceptors (Lipinski definition) is 9. The normalized spacial score (nSPS) is 11.7. The lowest BCUT2D eigenvalue weighted by atomic mass is 10.0. The molecule has 13 nitrogen and oxygen atoms in total. The predicted octanol–water partition coefficient (Wildman–Crippen LogP) is 8.79. The monoisotopic (exact) mass is 996 g/mol. The smallest absolute Gasteiger partial charge is 0.431 e. The molecule has 67 heavy (non-hydrogen) atoms. The molecule has 0 bridgehead atoms. The second-order valence-electron chi connectivity index (χ2n) is 14.7. The van der Waals surface area contributed by atoms with E-state index in [0.29, 0.717) is 52.0 Å². The average Bonchev–Trinajstić information content (AvgIpc) is 3.30. The topological polar surface area (TPSA) is 139 Å². The molecule has 2 unspecified atom stereocenters. The van der Waals surface area contributed by atoms with Crippen molar-refractivity contribution in [1.29, 1.82) is 0 Å². The van der Waals surface area contributed by atoms with E-state index in [9.17, 15) is 37.1 Å². The maximum absolute atomic E-state index is 13.1. The molecular weight excluding hydrogens is 940 g/mol. The minimum absolute atomic E-state index is 0.0223. The fourth-order valence-corrected chi connectivity index (χ4v) is 6.87. The molecule has 366 valence electrons. The van der Waals surface area contributed by atoms with Crippen LogP contribution in [0.2, 0.25) is 0 Å². The molecule has 1 aromatic heterocycles. The van der Waals surface area contributed by atoms with E-state index in [1.807, 2.05) is 51.1 Å². The number of carbonyl (C=O) groups excluding carboxylic acids is 3. The minimum Gasteiger partial charge on any atom is -0.489 e. The molecule has 0 saturated carbocycles. The first kappa shape index (κ1) is 57.6. The molecule has 4 aromatic rings. The summed E-state index contributed by atoms with van der Waals surface area (Å²) in [4.78, 5) is 62.1. The van der Waals surface area contributed by atoms with Gasteiger partial charge in [-0.25, -0.2) is 14.2 Å². The van der Waals surface area contributed by atoms with Crippen molar-refractivity contribution in [2.24, 2.45) is 7.05 Å². The summed E-state index contributed by atoms with van der Waals surface area (Å²) in [5.74, 6) is -0.117. The van der Waals surface area contributed by atoms with Gasteiger partial charge in [-0.05, 0) is 80.6 Å². The van der Waals surface area contributed by atoms with Gasteiger partial charge in [0, 0.05) is 38.9 Å². The number of alkyl halides is 6. The number of ether oxygens (including phenoxy) is 4. The van der Waals surface area contributed by atoms with Crippen molar-refractivity contribution in [2.45, 2.75) is 77.2 Å². The zero-order chi connectivity index (χ0) is 50.6. The van der Waals surface area contributed by atoms with Gasteiger partial charge in [-0.3, -0.25) is 19.0 Å². The minimum atomic E-state index is -4.84. The zero-order valence-electron chi connectivity index (χ0n) is 38.8. The molecule has 2 amide bonds. The number of anilines is 1. The van der Waals surface area contributed by atoms with Crippen LogP contribution in [0.4, 0.5) is 18.9 Å². The van der Waals surface area contributed by atoms with Crippen molar-refractivity contribution in [2.75, 3.05) is 44.7 Å². The van der Waals surface area contributed by atoms with Gasteiger partial charge in [-0.15, -0.1) is 24.8 Å². The predicted molar refractivity (Wildman–Crippen MR) is 257 cm³/mol. The molecule has 0 fully saturated rings. The van der Waals surface area contributed by atoms with E-state index in [-0.39, 0.29) is 36.0 Å². The number of halogens is 6. The highest BCUT2D eigenvalue weighted by atomic mass is 35.5. The Balaban J connectivity index is 0.000000413. The number of esters is 1. The molecule has 3 aromatic carbocycles. The van der Waals surface area contributed by atoms with Crippen LogP contribution in [0.3, 0.4) is 0 Å². The molecular formula is C48H58Cl3F3N4O9. The lowest BCUT2D eigenvalue weighted by molar-refractivity contribution is -0.148. The van der Waals surface area contributed by atoms with Crippen LogP contribution in [-0.4, -0.2) is 88.6 Å². The van der Waals surface area contributed by atoms with Gasteiger partial charge in [0.15, 0.2) is 10.9 Å². The number of para-hydroxylation sites is 1. The molecule has 2 atom stereocenters. The van der Waals surface area contributed by atoms with Gasteiger partial charge in [0.1, 0.15) is 29.7 Å². The number of benzene rings is 3. The van der Waals surface area contributed by atoms with Gasteiger partial charge in [-0.1, -0.05) is 79.5 Å². The van der Waals surface area contributed by atoms with Crippen molar-refractivity contribution < 1.29 is 46.5 Å². The van der Waals surface area contributed by atoms with Crippen molar-refractivity contribution in [1.82, 2.24) is 14.0 Å². The maximum Gasteiger partial charge on any atom is 0.431 e. The Labute approximate surface area is 404 Å². The molecule has 19 heteroatoms. The van der Waals surface area contributed by atoms with E-state index in [1.165, 1.54) is 36.3 Å². The SMILES string of the molecule is C=CCN(CC=C)C(=O)C(Cl)Cl.CCc1ccc(COc2ccc(-n3c(=O)cc(C(F)(F)F)n(C)c3=O)cc2)c(OC(C)C(=O)OC)c1.CCc1cccc(C)c1N(C(=O)CCl)C(C)COC. The number of methoxy groups -OCH3 is 2. The maximum atomic E-state index is 13.1. The summed E-state index contributed by atoms with van der Waals surface area (Å²) in [5, 5.41) is 0. The van der Waals surface area contributed by atoms with Crippen LogP contribution in [0.5, 0.6) is 11.5 Å². The third-order valence-electron chi connectivity index (χ3n) is 9.85. The molecule has 0 aliphatic carbocycles. The first-order valence-electron chi connectivity index (χ1n) is 20.9. The number of nitrogens with zero attached hydrogens (tertiary/aromatic N) is 4. The van der Waals surface area contributed by atoms with Crippen LogP contribution < -0.4 is 25.6 Å². The van der Waals surface area contributed by atoms with Crippen LogP contribution in [0.15, 0.2) is 102 Å². The summed E-state index contributed by atoms with van der Waals surface area (Å²) in [6.07, 6.45) is -0.812. The van der Waals surface area contributed by atoms with Crippen LogP contribution >= 0.6 is 34.8 Å². The summed E-state index contributed by atoms with van der Waals surface area (Å²) >= 11 is 16.6. The standard InChI is InChI=1S/C25H25F3N2O6.C15H22ClNO2.C8H11Cl2NO/c1-5-16-6-7-17(20(12-16)36-15(2)23(32)34-4)14-35-19-10-8-18(9-11-19)30-22(31)13-21(25(26,27)28)29(3)24(30)33;1-5-13-8-6-7-11(2)15(13)17(14(18)9-16)12(3)10-19-4;1-3-5-11(6-4-2)8(12)7(9)10/h6-13,15H,5,14H2,1-4H3;6-8,12H,5,9-10H2,1-4H3;3-4,7H,1-2,5-6H2. The van der Waals surface area contributed by atoms with Crippen molar-refractivity contribution >= 4 is 58.3 Å². The number of amides is 2. The summed E-state index contributed by atoms with van der Waals surface area (Å²) in [6.45, 7) is 18.1. The van der Waals surface area contributed by atoms with Gasteiger partial charge in [0.2, 0.25) is 5.91 Å². The fourth-order valence-electron chi connectivity index (χ4n) is 6.47. The quantitative estimate of drug-likeness (QED) is 0.0513. The molecule has 0 spiro atoms. The van der Waals surface area contributed by atoms with E-state index in [4.69, 9.17) is 53.8 Å². The molecule has 1 heterocycles. The molecule has 0 aliphatic rings. The number of aryl methyl sites for hydroxylation is 3. The lowest BCUT2D eigenvalue weighted by Crippen LogP contribution is -2.43. The third kappa shape index (κ3) is 16.6. The van der Waals surface area contributed by atoms with Gasteiger partial charge < -0.3 is 28.7 Å². The highest BCUT2D eigenvalue weighted by Gasteiger charge is 2.35. The Kier molecular flexibility index (Phi) is 24.0. The van der Waals surface area contributed by atoms with Crippen LogP contribution in [0.25, 0.3) is 5.69 Å². The molecule has 0 saturated heterocycles. The van der Waals surface area contributed by atoms with Gasteiger partial charge in [-0.2, -0.15) is 13.2 Å². The summed E-state index contributed by atoms with van der Waals surface area (Å²) < 4.78 is 61.7. The van der Waals surface area contributed by atoms with Gasteiger partial charge >= 0.3 is 17.8 Å². The molecule has 0 aliphatic heterocycles. The summed E-state index contributed by atoms with van der Waals surface area (Å²) in [6, 6.07) is 17.7. The Morgan fingerprint density at radius 1 is 0.896 bits per heavy atom.